The Balaban J connectivity index is 2.73. The van der Waals surface area contributed by atoms with Crippen LogP contribution in [0.5, 0.6) is 0 Å². The number of amides is 3. The second kappa shape index (κ2) is 4.27. The molecular weight excluding hydrogens is 190 g/mol. The van der Waals surface area contributed by atoms with E-state index in [-0.39, 0.29) is 5.91 Å². The van der Waals surface area contributed by atoms with Crippen molar-refractivity contribution < 1.29 is 9.59 Å². The van der Waals surface area contributed by atoms with Crippen LogP contribution in [0.1, 0.15) is 6.42 Å². The summed E-state index contributed by atoms with van der Waals surface area (Å²) in [5.41, 5.74) is 0. The molecule has 0 saturated carbocycles. The van der Waals surface area contributed by atoms with E-state index in [1.807, 2.05) is 0 Å². The highest BCUT2D eigenvalue weighted by molar-refractivity contribution is 8.14. The van der Waals surface area contributed by atoms with Crippen LogP contribution >= 0.6 is 11.8 Å². The van der Waals surface area contributed by atoms with E-state index in [1.165, 1.54) is 23.7 Å². The Bertz CT molecular complexity index is 264. The molecule has 0 aromatic heterocycles. The molecule has 1 N–H and O–H groups in total. The number of nitrogens with one attached hydrogen (secondary N) is 1. The number of hydrogen-bond donors (Lipinski definition) is 1. The van der Waals surface area contributed by atoms with Gasteiger partial charge >= 0.3 is 6.03 Å². The van der Waals surface area contributed by atoms with Crippen molar-refractivity contribution in [2.75, 3.05) is 19.8 Å². The highest BCUT2D eigenvalue weighted by Gasteiger charge is 2.21. The molecule has 13 heavy (non-hydrogen) atoms. The van der Waals surface area contributed by atoms with Crippen LogP contribution < -0.4 is 5.32 Å². The van der Waals surface area contributed by atoms with Crippen molar-refractivity contribution in [1.82, 2.24) is 10.2 Å². The first-order valence-corrected chi connectivity index (χ1v) is 4.83. The van der Waals surface area contributed by atoms with Gasteiger partial charge in [-0.15, -0.1) is 0 Å². The molecule has 1 heterocycles. The molecule has 0 aliphatic carbocycles. The molecule has 0 atom stereocenters. The summed E-state index contributed by atoms with van der Waals surface area (Å²) in [5.74, 6) is 0.695. The monoisotopic (exact) mass is 201 g/mol. The zero-order valence-electron chi connectivity index (χ0n) is 7.53. The van der Waals surface area contributed by atoms with Gasteiger partial charge in [-0.25, -0.2) is 4.79 Å². The highest BCUT2D eigenvalue weighted by Crippen LogP contribution is 2.16. The summed E-state index contributed by atoms with van der Waals surface area (Å²) in [4.78, 5) is 27.2. The molecule has 0 aromatic rings. The van der Waals surface area contributed by atoms with Crippen LogP contribution in [-0.2, 0) is 4.79 Å². The molecule has 1 rings (SSSR count). The minimum atomic E-state index is -0.427. The first-order chi connectivity index (χ1) is 6.15. The van der Waals surface area contributed by atoms with Gasteiger partial charge in [0.15, 0.2) is 5.17 Å². The number of carbonyl (C=O) groups excluding carboxylic acids is 2. The zero-order chi connectivity index (χ0) is 9.84. The second-order valence-corrected chi connectivity index (χ2v) is 3.56. The summed E-state index contributed by atoms with van der Waals surface area (Å²) >= 11 is 1.41. The lowest BCUT2D eigenvalue weighted by molar-refractivity contribution is -0.126. The molecule has 1 saturated heterocycles. The van der Waals surface area contributed by atoms with E-state index in [1.54, 1.807) is 7.05 Å². The van der Waals surface area contributed by atoms with Gasteiger partial charge in [-0.3, -0.25) is 9.69 Å². The lowest BCUT2D eigenvalue weighted by Crippen LogP contribution is -2.36. The average molecular weight is 201 g/mol. The quantitative estimate of drug-likeness (QED) is 0.612. The van der Waals surface area contributed by atoms with Gasteiger partial charge in [0, 0.05) is 26.3 Å². The Kier molecular flexibility index (Phi) is 3.30. The van der Waals surface area contributed by atoms with Crippen LogP contribution in [0.3, 0.4) is 0 Å². The number of thioether (sulfide) groups is 1. The van der Waals surface area contributed by atoms with Gasteiger partial charge in [0.1, 0.15) is 0 Å². The SMILES string of the molecule is CNC(=O)/N=C1\SCCC(=O)N1C. The van der Waals surface area contributed by atoms with Crippen molar-refractivity contribution in [3.8, 4) is 0 Å². The van der Waals surface area contributed by atoms with Crippen LogP contribution in [0.25, 0.3) is 0 Å². The number of carbonyl (C=O) groups is 2. The van der Waals surface area contributed by atoms with Crippen molar-refractivity contribution in [1.29, 1.82) is 0 Å². The predicted octanol–water partition coefficient (Wildman–Crippen LogP) is 0.277. The zero-order valence-corrected chi connectivity index (χ0v) is 8.35. The molecule has 72 valence electrons. The molecule has 3 amide bonds. The lowest BCUT2D eigenvalue weighted by atomic mass is 10.4. The fraction of sp³-hybridized carbons (Fsp3) is 0.571. The van der Waals surface area contributed by atoms with Crippen LogP contribution in [0.2, 0.25) is 0 Å². The van der Waals surface area contributed by atoms with Gasteiger partial charge in [-0.05, 0) is 0 Å². The first kappa shape index (κ1) is 10.0. The summed E-state index contributed by atoms with van der Waals surface area (Å²) in [6, 6.07) is -0.427. The number of amidine groups is 1. The molecule has 6 heteroatoms. The lowest BCUT2D eigenvalue weighted by Gasteiger charge is -2.22. The van der Waals surface area contributed by atoms with E-state index in [4.69, 9.17) is 0 Å². The topological polar surface area (TPSA) is 61.8 Å². The third-order valence-electron chi connectivity index (χ3n) is 1.62. The van der Waals surface area contributed by atoms with Crippen LogP contribution in [0.4, 0.5) is 4.79 Å². The van der Waals surface area contributed by atoms with Crippen molar-refractivity contribution in [3.05, 3.63) is 0 Å². The predicted molar refractivity (Wildman–Crippen MR) is 51.7 cm³/mol. The Labute approximate surface area is 80.6 Å². The van der Waals surface area contributed by atoms with E-state index < -0.39 is 6.03 Å². The van der Waals surface area contributed by atoms with Crippen LogP contribution in [-0.4, -0.2) is 41.9 Å². The number of rotatable bonds is 0. The van der Waals surface area contributed by atoms with Crippen molar-refractivity contribution in [3.63, 3.8) is 0 Å². The third-order valence-corrected chi connectivity index (χ3v) is 2.65. The Morgan fingerprint density at radius 1 is 1.69 bits per heavy atom. The molecule has 0 spiro atoms. The van der Waals surface area contributed by atoms with Crippen molar-refractivity contribution in [2.45, 2.75) is 6.42 Å². The van der Waals surface area contributed by atoms with Gasteiger partial charge in [-0.1, -0.05) is 11.8 Å². The van der Waals surface area contributed by atoms with Gasteiger partial charge in [0.25, 0.3) is 0 Å². The van der Waals surface area contributed by atoms with E-state index in [2.05, 4.69) is 10.3 Å². The van der Waals surface area contributed by atoms with Gasteiger partial charge < -0.3 is 5.32 Å². The molecule has 0 unspecified atom stereocenters. The standard InChI is InChI=1S/C7H11N3O2S/c1-8-6(12)9-7-10(2)5(11)3-4-13-7/h3-4H2,1-2H3,(H,8,12)/b9-7-. The van der Waals surface area contributed by atoms with Gasteiger partial charge in [-0.2, -0.15) is 4.99 Å². The Hall–Kier alpha value is -1.04. The molecular formula is C7H11N3O2S. The minimum absolute atomic E-state index is 0.00130. The summed E-state index contributed by atoms with van der Waals surface area (Å²) in [7, 11) is 3.12. The summed E-state index contributed by atoms with van der Waals surface area (Å²) in [6.45, 7) is 0. The second-order valence-electron chi connectivity index (χ2n) is 2.50. The fourth-order valence-electron chi connectivity index (χ4n) is 0.851. The maximum atomic E-state index is 11.2. The Morgan fingerprint density at radius 2 is 2.38 bits per heavy atom. The average Bonchev–Trinajstić information content (AvgIpc) is 2.13. The maximum Gasteiger partial charge on any atom is 0.343 e. The van der Waals surface area contributed by atoms with E-state index in [0.717, 1.165) is 0 Å². The molecule has 5 nitrogen and oxygen atoms in total. The van der Waals surface area contributed by atoms with E-state index >= 15 is 0 Å². The third kappa shape index (κ3) is 2.45. The maximum absolute atomic E-state index is 11.2. The number of urea groups is 1. The number of nitrogens with zero attached hydrogens (tertiary/aromatic N) is 2. The number of hydrogen-bond acceptors (Lipinski definition) is 3. The largest absolute Gasteiger partial charge is 0.343 e. The summed E-state index contributed by atoms with van der Waals surface area (Å²) < 4.78 is 0. The van der Waals surface area contributed by atoms with Crippen molar-refractivity contribution in [2.24, 2.45) is 4.99 Å². The van der Waals surface area contributed by atoms with E-state index in [0.29, 0.717) is 17.3 Å². The molecule has 1 aliphatic rings. The molecule has 1 fully saturated rings. The molecule has 1 aliphatic heterocycles. The first-order valence-electron chi connectivity index (χ1n) is 3.85. The Morgan fingerprint density at radius 3 is 3.00 bits per heavy atom. The number of aliphatic imine (C=N–C) groups is 1. The minimum Gasteiger partial charge on any atom is -0.339 e. The summed E-state index contributed by atoms with van der Waals surface area (Å²) in [5, 5.41) is 2.84. The normalized spacial score (nSPS) is 20.6. The van der Waals surface area contributed by atoms with Gasteiger partial charge in [0.05, 0.1) is 0 Å². The van der Waals surface area contributed by atoms with Crippen molar-refractivity contribution >= 4 is 28.9 Å². The highest BCUT2D eigenvalue weighted by atomic mass is 32.2. The van der Waals surface area contributed by atoms with E-state index in [9.17, 15) is 9.59 Å². The van der Waals surface area contributed by atoms with Crippen LogP contribution in [0.15, 0.2) is 4.99 Å². The molecule has 0 aromatic carbocycles. The summed E-state index contributed by atoms with van der Waals surface area (Å²) in [6.07, 6.45) is 0.508. The smallest absolute Gasteiger partial charge is 0.339 e. The fourth-order valence-corrected chi connectivity index (χ4v) is 1.75. The molecule has 0 bridgehead atoms. The van der Waals surface area contributed by atoms with Crippen LogP contribution in [0, 0.1) is 0 Å². The molecule has 0 radical (unpaired) electrons. The van der Waals surface area contributed by atoms with Gasteiger partial charge in [0.2, 0.25) is 5.91 Å².